The lowest BCUT2D eigenvalue weighted by molar-refractivity contribution is -0.143. The van der Waals surface area contributed by atoms with Crippen molar-refractivity contribution in [2.75, 3.05) is 30.9 Å². The first-order valence-electron chi connectivity index (χ1n) is 11.0. The summed E-state index contributed by atoms with van der Waals surface area (Å²) in [6, 6.07) is 7.69. The number of nitrogens with one attached hydrogen (secondary N) is 2. The van der Waals surface area contributed by atoms with Crippen molar-refractivity contribution in [2.24, 2.45) is 0 Å². The third-order valence-corrected chi connectivity index (χ3v) is 5.48. The van der Waals surface area contributed by atoms with Gasteiger partial charge in [0.15, 0.2) is 10.3 Å². The molecule has 0 saturated carbocycles. The van der Waals surface area contributed by atoms with Crippen molar-refractivity contribution in [3.05, 3.63) is 63.8 Å². The molecule has 2 N–H and O–H groups in total. The fourth-order valence-corrected chi connectivity index (χ4v) is 3.49. The number of rotatable bonds is 9. The van der Waals surface area contributed by atoms with Gasteiger partial charge < -0.3 is 20.1 Å². The van der Waals surface area contributed by atoms with Crippen LogP contribution < -0.4 is 15.5 Å². The number of esters is 1. The molecule has 0 fully saturated rings. The number of anilines is 2. The van der Waals surface area contributed by atoms with Crippen LogP contribution in [0.2, 0.25) is 0 Å². The number of hydrogen-bond acceptors (Lipinski definition) is 9. The molecule has 0 saturated heterocycles. The summed E-state index contributed by atoms with van der Waals surface area (Å²) in [6.45, 7) is 3.17. The fourth-order valence-electron chi connectivity index (χ4n) is 3.07. The normalized spacial score (nSPS) is 11.5. The highest BCUT2D eigenvalue weighted by Crippen LogP contribution is 2.22. The smallest absolute Gasteiger partial charge is 0.417 e. The Labute approximate surface area is 220 Å². The van der Waals surface area contributed by atoms with Crippen LogP contribution in [-0.2, 0) is 20.9 Å². The zero-order valence-corrected chi connectivity index (χ0v) is 22.1. The Balaban J connectivity index is 1.68. The number of amides is 2. The number of ether oxygens (including phenoxy) is 2. The third-order valence-electron chi connectivity index (χ3n) is 4.94. The largest absolute Gasteiger partial charge is 0.460 e. The van der Waals surface area contributed by atoms with Crippen LogP contribution in [0.3, 0.4) is 0 Å². The van der Waals surface area contributed by atoms with Crippen molar-refractivity contribution in [2.45, 2.75) is 26.7 Å². The number of aromatic nitrogens is 4. The van der Waals surface area contributed by atoms with Crippen molar-refractivity contribution in [3.63, 3.8) is 0 Å². The van der Waals surface area contributed by atoms with E-state index in [4.69, 9.17) is 9.47 Å². The second-order valence-corrected chi connectivity index (χ2v) is 8.57. The molecule has 3 aromatic rings. The van der Waals surface area contributed by atoms with Crippen LogP contribution in [0, 0.1) is 12.7 Å². The topological polar surface area (TPSA) is 141 Å². The lowest BCUT2D eigenvalue weighted by Gasteiger charge is -2.21. The molecule has 37 heavy (non-hydrogen) atoms. The molecule has 0 spiro atoms. The molecule has 2 aromatic heterocycles. The van der Waals surface area contributed by atoms with E-state index in [0.717, 1.165) is 9.70 Å². The fraction of sp³-hybridized carbons (Fsp3) is 0.304. The Kier molecular flexibility index (Phi) is 9.25. The predicted octanol–water partition coefficient (Wildman–Crippen LogP) is 3.19. The molecule has 1 aromatic carbocycles. The lowest BCUT2D eigenvalue weighted by atomic mass is 10.2. The average Bonchev–Trinajstić information content (AvgIpc) is 3.26. The van der Waals surface area contributed by atoms with Gasteiger partial charge in [0.05, 0.1) is 12.2 Å². The summed E-state index contributed by atoms with van der Waals surface area (Å²) in [4.78, 5) is 43.4. The number of hydrogen-bond donors (Lipinski definition) is 2. The number of aryl methyl sites for hydroxylation is 1. The van der Waals surface area contributed by atoms with Crippen LogP contribution in [0.1, 0.15) is 34.8 Å². The van der Waals surface area contributed by atoms with Crippen LogP contribution in [0.15, 0.2) is 41.1 Å². The van der Waals surface area contributed by atoms with Crippen LogP contribution in [0.25, 0.3) is 0 Å². The summed E-state index contributed by atoms with van der Waals surface area (Å²) in [5.41, 5.74) is 1.05. The van der Waals surface area contributed by atoms with Gasteiger partial charge in [-0.2, -0.15) is 0 Å². The van der Waals surface area contributed by atoms with Crippen molar-refractivity contribution in [1.82, 2.24) is 25.3 Å². The Hall–Kier alpha value is -3.91. The number of pyridine rings is 1. The Morgan fingerprint density at radius 2 is 2.00 bits per heavy atom. The molecule has 1 atom stereocenters. The predicted molar refractivity (Wildman–Crippen MR) is 134 cm³/mol. The monoisotopic (exact) mass is 577 g/mol. The van der Waals surface area contributed by atoms with Gasteiger partial charge in [0.1, 0.15) is 18.2 Å². The van der Waals surface area contributed by atoms with Gasteiger partial charge in [-0.3, -0.25) is 14.5 Å². The maximum atomic E-state index is 14.1. The number of likely N-dealkylation sites (N-methyl/N-ethyl adjacent to an activating group) is 1. The van der Waals surface area contributed by atoms with E-state index in [-0.39, 0.29) is 35.0 Å². The van der Waals surface area contributed by atoms with E-state index < -0.39 is 30.0 Å². The maximum Gasteiger partial charge on any atom is 0.417 e. The minimum Gasteiger partial charge on any atom is -0.460 e. The van der Waals surface area contributed by atoms with E-state index in [9.17, 15) is 18.8 Å². The molecule has 0 radical (unpaired) electrons. The average molecular weight is 578 g/mol. The van der Waals surface area contributed by atoms with Gasteiger partial charge in [-0.1, -0.05) is 12.1 Å². The molecule has 2 amide bonds. The van der Waals surface area contributed by atoms with Gasteiger partial charge in [-0.25, -0.2) is 14.2 Å². The lowest BCUT2D eigenvalue weighted by Crippen LogP contribution is -2.31. The summed E-state index contributed by atoms with van der Waals surface area (Å²) < 4.78 is 24.8. The summed E-state index contributed by atoms with van der Waals surface area (Å²) in [5, 5.41) is 13.3. The SMILES string of the molecule is CNCC(=O)OCc1cccnc1N(C)C(=O)OC(C)n1nc(Br)c(C(=O)Nc2ccc(C)cc2F)n1. The first kappa shape index (κ1) is 27.7. The molecule has 2 heterocycles. The van der Waals surface area contributed by atoms with Crippen molar-refractivity contribution >= 4 is 45.4 Å². The molecular formula is C23H25BrFN7O5. The first-order valence-corrected chi connectivity index (χ1v) is 11.8. The highest BCUT2D eigenvalue weighted by Gasteiger charge is 2.24. The molecule has 12 nitrogen and oxygen atoms in total. The minimum absolute atomic E-state index is 0.0130. The molecular weight excluding hydrogens is 553 g/mol. The van der Waals surface area contributed by atoms with E-state index in [1.54, 1.807) is 32.2 Å². The van der Waals surface area contributed by atoms with Crippen LogP contribution in [0.4, 0.5) is 20.7 Å². The number of nitrogens with zero attached hydrogens (tertiary/aromatic N) is 5. The van der Waals surface area contributed by atoms with Gasteiger partial charge in [0.2, 0.25) is 6.23 Å². The summed E-state index contributed by atoms with van der Waals surface area (Å²) >= 11 is 3.16. The van der Waals surface area contributed by atoms with Crippen LogP contribution >= 0.6 is 15.9 Å². The van der Waals surface area contributed by atoms with Crippen molar-refractivity contribution < 1.29 is 28.2 Å². The zero-order chi connectivity index (χ0) is 27.1. The molecule has 0 aliphatic carbocycles. The molecule has 3 rings (SSSR count). The van der Waals surface area contributed by atoms with Crippen LogP contribution in [-0.4, -0.2) is 58.6 Å². The summed E-state index contributed by atoms with van der Waals surface area (Å²) in [6.07, 6.45) is -0.338. The Morgan fingerprint density at radius 3 is 2.70 bits per heavy atom. The van der Waals surface area contributed by atoms with E-state index in [1.807, 2.05) is 0 Å². The highest BCUT2D eigenvalue weighted by atomic mass is 79.9. The molecule has 0 aliphatic rings. The Morgan fingerprint density at radius 1 is 1.24 bits per heavy atom. The quantitative estimate of drug-likeness (QED) is 0.367. The van der Waals surface area contributed by atoms with Gasteiger partial charge in [-0.15, -0.1) is 15.0 Å². The van der Waals surface area contributed by atoms with E-state index in [1.165, 1.54) is 32.3 Å². The number of benzene rings is 1. The van der Waals surface area contributed by atoms with E-state index in [2.05, 4.69) is 41.7 Å². The summed E-state index contributed by atoms with van der Waals surface area (Å²) in [5.74, 6) is -1.53. The first-order chi connectivity index (χ1) is 17.6. The summed E-state index contributed by atoms with van der Waals surface area (Å²) in [7, 11) is 3.06. The molecule has 14 heteroatoms. The van der Waals surface area contributed by atoms with Crippen LogP contribution in [0.5, 0.6) is 0 Å². The number of carbonyl (C=O) groups is 3. The van der Waals surface area contributed by atoms with Gasteiger partial charge in [0.25, 0.3) is 5.91 Å². The van der Waals surface area contributed by atoms with Crippen molar-refractivity contribution in [3.8, 4) is 0 Å². The minimum atomic E-state index is -1.02. The Bertz CT molecular complexity index is 1300. The van der Waals surface area contributed by atoms with E-state index >= 15 is 0 Å². The number of carbonyl (C=O) groups excluding carboxylic acids is 3. The van der Waals surface area contributed by atoms with Crippen molar-refractivity contribution in [1.29, 1.82) is 0 Å². The van der Waals surface area contributed by atoms with Gasteiger partial charge in [-0.05, 0) is 60.6 Å². The van der Waals surface area contributed by atoms with Gasteiger partial charge in [0, 0.05) is 18.8 Å². The highest BCUT2D eigenvalue weighted by molar-refractivity contribution is 9.10. The standard InChI is InChI=1S/C23H25BrFN7O5/c1-13-7-8-17(16(25)10-13)28-22(34)19-20(24)30-32(29-19)14(2)37-23(35)31(4)21-15(6-5-9-27-21)12-36-18(33)11-26-3/h5-10,14,26H,11-12H2,1-4H3,(H,28,34). The molecule has 1 unspecified atom stereocenters. The second kappa shape index (κ2) is 12.4. The molecule has 0 aliphatic heterocycles. The maximum absolute atomic E-state index is 14.1. The van der Waals surface area contributed by atoms with Gasteiger partial charge >= 0.3 is 12.1 Å². The third kappa shape index (κ3) is 7.07. The zero-order valence-electron chi connectivity index (χ0n) is 20.5. The van der Waals surface area contributed by atoms with E-state index in [0.29, 0.717) is 11.1 Å². The number of halogens is 2. The molecule has 196 valence electrons. The second-order valence-electron chi connectivity index (χ2n) is 7.82. The molecule has 0 bridgehead atoms.